The first-order chi connectivity index (χ1) is 13.9. The number of hydrogen-bond donors (Lipinski definition) is 2. The fourth-order valence-electron chi connectivity index (χ4n) is 8.26. The Morgan fingerprint density at radius 2 is 1.87 bits per heavy atom. The predicted molar refractivity (Wildman–Crippen MR) is 109 cm³/mol. The molecule has 30 heavy (non-hydrogen) atoms. The molecule has 168 valence electrons. The summed E-state index contributed by atoms with van der Waals surface area (Å²) in [5, 5.41) is 21.9. The normalized spacial score (nSPS) is 50.3. The summed E-state index contributed by atoms with van der Waals surface area (Å²) in [4.78, 5) is 37.9. The molecule has 0 aliphatic heterocycles. The SMILES string of the molecule is CC(=O)OCC(=O)[C@@]1(O)[C@@H](C)C[C@H]2[C@@H]3CCC4C[C@H](O)CC[C@]4(C)[C@H]3C(=O)C[C@@]21C. The molecule has 4 aliphatic carbocycles. The molecule has 4 fully saturated rings. The molecule has 0 aromatic heterocycles. The highest BCUT2D eigenvalue weighted by molar-refractivity contribution is 5.93. The second-order valence-electron chi connectivity index (χ2n) is 11.1. The van der Waals surface area contributed by atoms with E-state index in [2.05, 4.69) is 6.92 Å². The van der Waals surface area contributed by atoms with Gasteiger partial charge in [-0.05, 0) is 67.6 Å². The molecule has 0 radical (unpaired) electrons. The molecule has 0 aromatic rings. The number of Topliss-reactive ketones (excluding diaryl/α,β-unsaturated/α-hetero) is 2. The summed E-state index contributed by atoms with van der Waals surface area (Å²) in [6.07, 6.45) is 4.91. The van der Waals surface area contributed by atoms with Gasteiger partial charge in [-0.15, -0.1) is 0 Å². The Balaban J connectivity index is 1.67. The van der Waals surface area contributed by atoms with Crippen LogP contribution in [0, 0.1) is 40.4 Å². The van der Waals surface area contributed by atoms with Crippen LogP contribution in [0.15, 0.2) is 0 Å². The van der Waals surface area contributed by atoms with Crippen LogP contribution in [-0.2, 0) is 19.1 Å². The monoisotopic (exact) mass is 420 g/mol. The Kier molecular flexibility index (Phi) is 5.21. The van der Waals surface area contributed by atoms with Crippen molar-refractivity contribution >= 4 is 17.5 Å². The number of carbonyl (C=O) groups is 3. The molecule has 0 saturated heterocycles. The van der Waals surface area contributed by atoms with Crippen LogP contribution in [-0.4, -0.2) is 46.1 Å². The fraction of sp³-hybridized carbons (Fsp3) is 0.875. The zero-order valence-electron chi connectivity index (χ0n) is 18.6. The zero-order valence-corrected chi connectivity index (χ0v) is 18.6. The molecular formula is C24H36O6. The number of carbonyl (C=O) groups excluding carboxylic acids is 3. The van der Waals surface area contributed by atoms with Crippen molar-refractivity contribution in [2.75, 3.05) is 6.61 Å². The van der Waals surface area contributed by atoms with Gasteiger partial charge in [0.2, 0.25) is 5.78 Å². The summed E-state index contributed by atoms with van der Waals surface area (Å²) in [6, 6.07) is 0. The molecule has 6 nitrogen and oxygen atoms in total. The third kappa shape index (κ3) is 2.85. The second-order valence-corrected chi connectivity index (χ2v) is 11.1. The van der Waals surface area contributed by atoms with Crippen LogP contribution in [0.2, 0.25) is 0 Å². The van der Waals surface area contributed by atoms with Gasteiger partial charge in [0, 0.05) is 24.7 Å². The third-order valence-electron chi connectivity index (χ3n) is 9.74. The van der Waals surface area contributed by atoms with Crippen molar-refractivity contribution in [3.05, 3.63) is 0 Å². The van der Waals surface area contributed by atoms with E-state index in [4.69, 9.17) is 4.74 Å². The van der Waals surface area contributed by atoms with E-state index in [0.29, 0.717) is 12.3 Å². The van der Waals surface area contributed by atoms with E-state index in [1.54, 1.807) is 0 Å². The van der Waals surface area contributed by atoms with Gasteiger partial charge in [-0.2, -0.15) is 0 Å². The van der Waals surface area contributed by atoms with E-state index in [1.807, 2.05) is 13.8 Å². The second kappa shape index (κ2) is 7.13. The van der Waals surface area contributed by atoms with Crippen molar-refractivity contribution in [2.24, 2.45) is 40.4 Å². The number of ketones is 2. The number of esters is 1. The molecule has 0 heterocycles. The van der Waals surface area contributed by atoms with Crippen molar-refractivity contribution in [3.63, 3.8) is 0 Å². The van der Waals surface area contributed by atoms with Crippen molar-refractivity contribution in [2.45, 2.75) is 84.3 Å². The topological polar surface area (TPSA) is 101 Å². The lowest BCUT2D eigenvalue weighted by Gasteiger charge is -2.60. The van der Waals surface area contributed by atoms with Crippen LogP contribution in [0.5, 0.6) is 0 Å². The van der Waals surface area contributed by atoms with Crippen molar-refractivity contribution < 1.29 is 29.3 Å². The van der Waals surface area contributed by atoms with Crippen LogP contribution < -0.4 is 0 Å². The minimum Gasteiger partial charge on any atom is -0.458 e. The number of fused-ring (bicyclic) bond motifs is 5. The van der Waals surface area contributed by atoms with Gasteiger partial charge in [0.25, 0.3) is 0 Å². The van der Waals surface area contributed by atoms with Gasteiger partial charge in [0.1, 0.15) is 11.4 Å². The summed E-state index contributed by atoms with van der Waals surface area (Å²) in [7, 11) is 0. The standard InChI is InChI=1S/C24H36O6/c1-13-9-18-17-6-5-15-10-16(26)7-8-22(15,3)21(17)19(27)11-23(18,4)24(13,29)20(28)12-30-14(2)25/h13,15-18,21,26,29H,5-12H2,1-4H3/t13-,15?,16+,17-,18-,21+,22-,23-,24-/m0/s1. The Morgan fingerprint density at radius 3 is 2.53 bits per heavy atom. The van der Waals surface area contributed by atoms with E-state index in [-0.39, 0.29) is 47.4 Å². The summed E-state index contributed by atoms with van der Waals surface area (Å²) < 4.78 is 4.93. The maximum atomic E-state index is 13.6. The maximum Gasteiger partial charge on any atom is 0.303 e. The number of ether oxygens (including phenoxy) is 1. The van der Waals surface area contributed by atoms with Gasteiger partial charge in [0.15, 0.2) is 6.61 Å². The minimum atomic E-state index is -1.66. The van der Waals surface area contributed by atoms with E-state index >= 15 is 0 Å². The van der Waals surface area contributed by atoms with Crippen molar-refractivity contribution in [1.82, 2.24) is 0 Å². The molecule has 0 amide bonds. The van der Waals surface area contributed by atoms with Gasteiger partial charge in [-0.1, -0.05) is 20.8 Å². The highest BCUT2D eigenvalue weighted by Gasteiger charge is 2.71. The maximum absolute atomic E-state index is 13.6. The lowest BCUT2D eigenvalue weighted by molar-refractivity contribution is -0.184. The molecule has 0 spiro atoms. The highest BCUT2D eigenvalue weighted by atomic mass is 16.5. The first-order valence-electron chi connectivity index (χ1n) is 11.5. The average molecular weight is 421 g/mol. The van der Waals surface area contributed by atoms with Crippen LogP contribution in [0.4, 0.5) is 0 Å². The number of hydrogen-bond acceptors (Lipinski definition) is 6. The van der Waals surface area contributed by atoms with Crippen LogP contribution >= 0.6 is 0 Å². The van der Waals surface area contributed by atoms with Crippen LogP contribution in [0.1, 0.15) is 72.6 Å². The van der Waals surface area contributed by atoms with Gasteiger partial charge >= 0.3 is 5.97 Å². The molecule has 0 aromatic carbocycles. The minimum absolute atomic E-state index is 0.0556. The van der Waals surface area contributed by atoms with E-state index in [9.17, 15) is 24.6 Å². The molecule has 2 N–H and O–H groups in total. The van der Waals surface area contributed by atoms with Gasteiger partial charge < -0.3 is 14.9 Å². The van der Waals surface area contributed by atoms with E-state index in [1.165, 1.54) is 6.92 Å². The van der Waals surface area contributed by atoms with Crippen molar-refractivity contribution in [3.8, 4) is 0 Å². The number of aliphatic hydroxyl groups is 2. The van der Waals surface area contributed by atoms with E-state index in [0.717, 1.165) is 32.1 Å². The molecule has 4 aliphatic rings. The predicted octanol–water partition coefficient (Wildman–Crippen LogP) is 2.68. The average Bonchev–Trinajstić information content (AvgIpc) is 2.87. The summed E-state index contributed by atoms with van der Waals surface area (Å²) in [5.74, 6) is -0.612. The van der Waals surface area contributed by atoms with Crippen molar-refractivity contribution in [1.29, 1.82) is 0 Å². The van der Waals surface area contributed by atoms with Gasteiger partial charge in [-0.25, -0.2) is 0 Å². The largest absolute Gasteiger partial charge is 0.458 e. The smallest absolute Gasteiger partial charge is 0.303 e. The summed E-state index contributed by atoms with van der Waals surface area (Å²) in [5.41, 5.74) is -2.60. The molecule has 1 unspecified atom stereocenters. The van der Waals surface area contributed by atoms with Crippen LogP contribution in [0.25, 0.3) is 0 Å². The Bertz CT molecular complexity index is 763. The summed E-state index contributed by atoms with van der Waals surface area (Å²) in [6.45, 7) is 6.82. The molecule has 6 heteroatoms. The van der Waals surface area contributed by atoms with E-state index < -0.39 is 29.4 Å². The summed E-state index contributed by atoms with van der Waals surface area (Å²) >= 11 is 0. The molecule has 0 bridgehead atoms. The Morgan fingerprint density at radius 1 is 1.17 bits per heavy atom. The first kappa shape index (κ1) is 21.9. The lowest BCUT2D eigenvalue weighted by Crippen LogP contribution is -2.63. The van der Waals surface area contributed by atoms with Gasteiger partial charge in [0.05, 0.1) is 6.10 Å². The van der Waals surface area contributed by atoms with Crippen LogP contribution in [0.3, 0.4) is 0 Å². The highest BCUT2D eigenvalue weighted by Crippen LogP contribution is 2.68. The Labute approximate surface area is 178 Å². The molecule has 9 atom stereocenters. The number of rotatable bonds is 3. The first-order valence-corrected chi connectivity index (χ1v) is 11.5. The fourth-order valence-corrected chi connectivity index (χ4v) is 8.26. The third-order valence-corrected chi connectivity index (χ3v) is 9.74. The molecule has 4 rings (SSSR count). The molecular weight excluding hydrogens is 384 g/mol. The zero-order chi connectivity index (χ0) is 22.1. The Hall–Kier alpha value is -1.27. The lowest BCUT2D eigenvalue weighted by atomic mass is 9.44. The van der Waals surface area contributed by atoms with Gasteiger partial charge in [-0.3, -0.25) is 14.4 Å². The molecule has 4 saturated carbocycles. The quantitative estimate of drug-likeness (QED) is 0.681. The number of aliphatic hydroxyl groups excluding tert-OH is 1.